The SMILES string of the molecule is Cc1ccc(CNC(=O)C2(C)CCCN2)s1. The van der Waals surface area contributed by atoms with Crippen molar-refractivity contribution in [1.29, 1.82) is 0 Å². The molecule has 4 heteroatoms. The van der Waals surface area contributed by atoms with E-state index in [1.807, 2.05) is 6.92 Å². The summed E-state index contributed by atoms with van der Waals surface area (Å²) in [5.41, 5.74) is -0.355. The minimum Gasteiger partial charge on any atom is -0.350 e. The average molecular weight is 238 g/mol. The normalized spacial score (nSPS) is 24.6. The zero-order valence-corrected chi connectivity index (χ0v) is 10.6. The van der Waals surface area contributed by atoms with Crippen LogP contribution < -0.4 is 10.6 Å². The van der Waals surface area contributed by atoms with E-state index in [9.17, 15) is 4.79 Å². The van der Waals surface area contributed by atoms with Crippen molar-refractivity contribution >= 4 is 17.2 Å². The highest BCUT2D eigenvalue weighted by Gasteiger charge is 2.35. The predicted octanol–water partition coefficient (Wildman–Crippen LogP) is 1.81. The first-order valence-corrected chi connectivity index (χ1v) is 6.50. The molecule has 1 aliphatic heterocycles. The first kappa shape index (κ1) is 11.6. The van der Waals surface area contributed by atoms with Crippen LogP contribution in [0.2, 0.25) is 0 Å². The smallest absolute Gasteiger partial charge is 0.240 e. The maximum absolute atomic E-state index is 12.0. The number of carbonyl (C=O) groups is 1. The van der Waals surface area contributed by atoms with Crippen LogP contribution in [0, 0.1) is 6.92 Å². The second-order valence-electron chi connectivity index (χ2n) is 4.56. The molecule has 3 nitrogen and oxygen atoms in total. The number of hydrogen-bond donors (Lipinski definition) is 2. The zero-order chi connectivity index (χ0) is 11.6. The van der Waals surface area contributed by atoms with Crippen LogP contribution in [-0.2, 0) is 11.3 Å². The molecule has 2 heterocycles. The Morgan fingerprint density at radius 1 is 1.62 bits per heavy atom. The van der Waals surface area contributed by atoms with E-state index in [1.54, 1.807) is 11.3 Å². The van der Waals surface area contributed by atoms with E-state index >= 15 is 0 Å². The molecule has 1 unspecified atom stereocenters. The molecule has 2 N–H and O–H groups in total. The van der Waals surface area contributed by atoms with E-state index in [1.165, 1.54) is 9.75 Å². The number of carbonyl (C=O) groups excluding carboxylic acids is 1. The Labute approximate surface area is 100 Å². The molecule has 0 bridgehead atoms. The Morgan fingerprint density at radius 2 is 2.44 bits per heavy atom. The fourth-order valence-corrected chi connectivity index (χ4v) is 2.86. The van der Waals surface area contributed by atoms with Crippen molar-refractivity contribution in [2.75, 3.05) is 6.54 Å². The monoisotopic (exact) mass is 238 g/mol. The second-order valence-corrected chi connectivity index (χ2v) is 5.93. The largest absolute Gasteiger partial charge is 0.350 e. The van der Waals surface area contributed by atoms with E-state index in [-0.39, 0.29) is 11.4 Å². The minimum absolute atomic E-state index is 0.121. The van der Waals surface area contributed by atoms with E-state index in [0.717, 1.165) is 19.4 Å². The summed E-state index contributed by atoms with van der Waals surface area (Å²) >= 11 is 1.74. The molecular weight excluding hydrogens is 220 g/mol. The van der Waals surface area contributed by atoms with Gasteiger partial charge in [-0.25, -0.2) is 0 Å². The van der Waals surface area contributed by atoms with Crippen molar-refractivity contribution in [3.8, 4) is 0 Å². The molecule has 0 aliphatic carbocycles. The van der Waals surface area contributed by atoms with Gasteiger partial charge < -0.3 is 10.6 Å². The molecule has 0 radical (unpaired) electrons. The molecule has 88 valence electrons. The highest BCUT2D eigenvalue weighted by atomic mass is 32.1. The number of aryl methyl sites for hydroxylation is 1. The van der Waals surface area contributed by atoms with Gasteiger partial charge in [-0.2, -0.15) is 0 Å². The van der Waals surface area contributed by atoms with E-state index in [4.69, 9.17) is 0 Å². The summed E-state index contributed by atoms with van der Waals surface area (Å²) in [6.45, 7) is 5.65. The quantitative estimate of drug-likeness (QED) is 0.843. The number of nitrogens with one attached hydrogen (secondary N) is 2. The molecule has 1 amide bonds. The molecule has 0 aromatic carbocycles. The molecule has 2 rings (SSSR count). The predicted molar refractivity (Wildman–Crippen MR) is 66.5 cm³/mol. The van der Waals surface area contributed by atoms with E-state index < -0.39 is 0 Å². The second kappa shape index (κ2) is 4.55. The molecule has 1 aromatic rings. The number of amides is 1. The molecule has 1 aliphatic rings. The standard InChI is InChI=1S/C12H18N2OS/c1-9-4-5-10(16-9)8-13-11(15)12(2)6-3-7-14-12/h4-5,14H,3,6-8H2,1-2H3,(H,13,15). The van der Waals surface area contributed by atoms with Gasteiger partial charge in [-0.15, -0.1) is 11.3 Å². The van der Waals surface area contributed by atoms with Crippen molar-refractivity contribution in [1.82, 2.24) is 10.6 Å². The average Bonchev–Trinajstić information content (AvgIpc) is 2.85. The third-order valence-electron chi connectivity index (χ3n) is 3.09. The van der Waals surface area contributed by atoms with Crippen LogP contribution in [0.3, 0.4) is 0 Å². The number of thiophene rings is 1. The minimum atomic E-state index is -0.355. The first-order chi connectivity index (χ1) is 7.60. The van der Waals surface area contributed by atoms with Crippen molar-refractivity contribution in [3.63, 3.8) is 0 Å². The summed E-state index contributed by atoms with van der Waals surface area (Å²) in [7, 11) is 0. The maximum Gasteiger partial charge on any atom is 0.240 e. The Bertz CT molecular complexity index is 380. The van der Waals surface area contributed by atoms with Crippen LogP contribution in [0.15, 0.2) is 12.1 Å². The Morgan fingerprint density at radius 3 is 3.00 bits per heavy atom. The third kappa shape index (κ3) is 2.44. The van der Waals surface area contributed by atoms with Gasteiger partial charge in [0.05, 0.1) is 12.1 Å². The summed E-state index contributed by atoms with van der Waals surface area (Å²) in [5.74, 6) is 0.121. The Balaban J connectivity index is 1.88. The topological polar surface area (TPSA) is 41.1 Å². The number of hydrogen-bond acceptors (Lipinski definition) is 3. The molecule has 1 fully saturated rings. The lowest BCUT2D eigenvalue weighted by Gasteiger charge is -2.22. The van der Waals surface area contributed by atoms with Gasteiger partial charge in [-0.1, -0.05) is 0 Å². The third-order valence-corrected chi connectivity index (χ3v) is 4.09. The van der Waals surface area contributed by atoms with Gasteiger partial charge >= 0.3 is 0 Å². The van der Waals surface area contributed by atoms with Gasteiger partial charge in [-0.05, 0) is 45.4 Å². The molecule has 1 saturated heterocycles. The van der Waals surface area contributed by atoms with Gasteiger partial charge in [0.1, 0.15) is 0 Å². The fraction of sp³-hybridized carbons (Fsp3) is 0.583. The lowest BCUT2D eigenvalue weighted by Crippen LogP contribution is -2.50. The Kier molecular flexibility index (Phi) is 3.30. The van der Waals surface area contributed by atoms with Crippen LogP contribution >= 0.6 is 11.3 Å². The first-order valence-electron chi connectivity index (χ1n) is 5.69. The van der Waals surface area contributed by atoms with Crippen LogP contribution in [0.4, 0.5) is 0 Å². The summed E-state index contributed by atoms with van der Waals surface area (Å²) < 4.78 is 0. The molecule has 0 spiro atoms. The van der Waals surface area contributed by atoms with Gasteiger partial charge in [0.25, 0.3) is 0 Å². The van der Waals surface area contributed by atoms with Crippen molar-refractivity contribution in [3.05, 3.63) is 21.9 Å². The highest BCUT2D eigenvalue weighted by molar-refractivity contribution is 7.11. The Hall–Kier alpha value is -0.870. The van der Waals surface area contributed by atoms with Crippen molar-refractivity contribution < 1.29 is 4.79 Å². The lowest BCUT2D eigenvalue weighted by molar-refractivity contribution is -0.126. The molecular formula is C12H18N2OS. The number of rotatable bonds is 3. The van der Waals surface area contributed by atoms with Crippen LogP contribution in [-0.4, -0.2) is 18.0 Å². The molecule has 0 saturated carbocycles. The van der Waals surface area contributed by atoms with Gasteiger partial charge in [0.2, 0.25) is 5.91 Å². The van der Waals surface area contributed by atoms with E-state index in [0.29, 0.717) is 6.54 Å². The van der Waals surface area contributed by atoms with Crippen molar-refractivity contribution in [2.24, 2.45) is 0 Å². The zero-order valence-electron chi connectivity index (χ0n) is 9.80. The van der Waals surface area contributed by atoms with Crippen LogP contribution in [0.5, 0.6) is 0 Å². The summed E-state index contributed by atoms with van der Waals surface area (Å²) in [4.78, 5) is 14.5. The lowest BCUT2D eigenvalue weighted by atomic mass is 9.99. The highest BCUT2D eigenvalue weighted by Crippen LogP contribution is 2.19. The van der Waals surface area contributed by atoms with Crippen molar-refractivity contribution in [2.45, 2.75) is 38.8 Å². The molecule has 16 heavy (non-hydrogen) atoms. The fourth-order valence-electron chi connectivity index (χ4n) is 2.03. The summed E-state index contributed by atoms with van der Waals surface area (Å²) in [6.07, 6.45) is 2.02. The maximum atomic E-state index is 12.0. The van der Waals surface area contributed by atoms with Gasteiger partial charge in [0.15, 0.2) is 0 Å². The molecule has 1 atom stereocenters. The van der Waals surface area contributed by atoms with E-state index in [2.05, 4.69) is 29.7 Å². The van der Waals surface area contributed by atoms with Crippen LogP contribution in [0.1, 0.15) is 29.5 Å². The summed E-state index contributed by atoms with van der Waals surface area (Å²) in [6, 6.07) is 4.16. The van der Waals surface area contributed by atoms with Gasteiger partial charge in [0, 0.05) is 9.75 Å². The van der Waals surface area contributed by atoms with Crippen LogP contribution in [0.25, 0.3) is 0 Å². The molecule has 1 aromatic heterocycles. The summed E-state index contributed by atoms with van der Waals surface area (Å²) in [5, 5.41) is 6.27. The van der Waals surface area contributed by atoms with Gasteiger partial charge in [-0.3, -0.25) is 4.79 Å².